The fourth-order valence-electron chi connectivity index (χ4n) is 1.41. The maximum absolute atomic E-state index is 12.4. The summed E-state index contributed by atoms with van der Waals surface area (Å²) in [5, 5.41) is 9.10. The van der Waals surface area contributed by atoms with Gasteiger partial charge in [-0.15, -0.1) is 0 Å². The molecule has 3 N–H and O–H groups in total. The Morgan fingerprint density at radius 1 is 1.11 bits per heavy atom. The highest BCUT2D eigenvalue weighted by Crippen LogP contribution is 2.32. The van der Waals surface area contributed by atoms with Gasteiger partial charge in [-0.2, -0.15) is 13.2 Å². The van der Waals surface area contributed by atoms with Crippen molar-refractivity contribution >= 4 is 0 Å². The van der Waals surface area contributed by atoms with E-state index in [0.29, 0.717) is 11.5 Å². The first-order valence-corrected chi connectivity index (χ1v) is 5.03. The predicted octanol–water partition coefficient (Wildman–Crippen LogP) is 1.63. The van der Waals surface area contributed by atoms with Crippen LogP contribution in [0.2, 0.25) is 0 Å². The Hall–Kier alpha value is -1.47. The summed E-state index contributed by atoms with van der Waals surface area (Å²) in [7, 11) is 2.73. The molecule has 2 atom stereocenters. The lowest BCUT2D eigenvalue weighted by Crippen LogP contribution is -2.38. The van der Waals surface area contributed by atoms with Crippen molar-refractivity contribution in [1.82, 2.24) is 0 Å². The Labute approximate surface area is 102 Å². The minimum Gasteiger partial charge on any atom is -0.497 e. The molecule has 1 aromatic carbocycles. The second-order valence-electron chi connectivity index (χ2n) is 3.66. The Bertz CT molecular complexity index is 387. The fourth-order valence-corrected chi connectivity index (χ4v) is 1.41. The molecule has 0 amide bonds. The van der Waals surface area contributed by atoms with Gasteiger partial charge in [0.25, 0.3) is 0 Å². The van der Waals surface area contributed by atoms with E-state index in [-0.39, 0.29) is 5.56 Å². The predicted molar refractivity (Wildman–Crippen MR) is 58.5 cm³/mol. The number of methoxy groups -OCH3 is 2. The summed E-state index contributed by atoms with van der Waals surface area (Å²) in [6.45, 7) is 0. The highest BCUT2D eigenvalue weighted by Gasteiger charge is 2.42. The standard InChI is InChI=1S/C11H14F3NO3/c1-17-7-3-6(4-8(5-7)18-2)9(15)10(16)11(12,13)14/h3-5,9-10,16H,15H2,1-2H3/t9-,10-/m0/s1. The van der Waals surface area contributed by atoms with E-state index in [2.05, 4.69) is 0 Å². The Balaban J connectivity index is 3.08. The molecule has 0 fully saturated rings. The Kier molecular flexibility index (Phi) is 4.42. The topological polar surface area (TPSA) is 64.7 Å². The molecule has 0 unspecified atom stereocenters. The molecule has 7 heteroatoms. The van der Waals surface area contributed by atoms with Gasteiger partial charge in [-0.25, -0.2) is 0 Å². The molecule has 0 saturated carbocycles. The smallest absolute Gasteiger partial charge is 0.416 e. The van der Waals surface area contributed by atoms with Crippen LogP contribution >= 0.6 is 0 Å². The summed E-state index contributed by atoms with van der Waals surface area (Å²) in [6, 6.07) is 2.54. The summed E-state index contributed by atoms with van der Waals surface area (Å²) in [6.07, 6.45) is -7.43. The van der Waals surface area contributed by atoms with Crippen LogP contribution in [0.25, 0.3) is 0 Å². The monoisotopic (exact) mass is 265 g/mol. The first-order chi connectivity index (χ1) is 8.29. The molecule has 0 spiro atoms. The van der Waals surface area contributed by atoms with Gasteiger partial charge in [0.2, 0.25) is 0 Å². The van der Waals surface area contributed by atoms with Gasteiger partial charge in [-0.3, -0.25) is 0 Å². The molecule has 1 aromatic rings. The molecule has 0 aromatic heterocycles. The summed E-state index contributed by atoms with van der Waals surface area (Å²) < 4.78 is 46.9. The number of ether oxygens (including phenoxy) is 2. The fraction of sp³-hybridized carbons (Fsp3) is 0.455. The van der Waals surface area contributed by atoms with Crippen molar-refractivity contribution in [3.63, 3.8) is 0 Å². The van der Waals surface area contributed by atoms with Gasteiger partial charge in [0.1, 0.15) is 11.5 Å². The van der Waals surface area contributed by atoms with E-state index < -0.39 is 18.3 Å². The summed E-state index contributed by atoms with van der Waals surface area (Å²) in [5.41, 5.74) is 5.47. The van der Waals surface area contributed by atoms with Gasteiger partial charge in [0.05, 0.1) is 20.3 Å². The van der Waals surface area contributed by atoms with Crippen molar-refractivity contribution in [3.8, 4) is 11.5 Å². The van der Waals surface area contributed by atoms with E-state index in [1.807, 2.05) is 0 Å². The number of hydrogen-bond donors (Lipinski definition) is 2. The number of nitrogens with two attached hydrogens (primary N) is 1. The zero-order valence-corrected chi connectivity index (χ0v) is 9.86. The third-order valence-electron chi connectivity index (χ3n) is 2.43. The number of aliphatic hydroxyl groups excluding tert-OH is 1. The summed E-state index contributed by atoms with van der Waals surface area (Å²) in [5.74, 6) is 0.600. The molecule has 18 heavy (non-hydrogen) atoms. The minimum atomic E-state index is -4.78. The van der Waals surface area contributed by atoms with Crippen molar-refractivity contribution in [3.05, 3.63) is 23.8 Å². The zero-order chi connectivity index (χ0) is 13.9. The molecule has 4 nitrogen and oxygen atoms in total. The summed E-state index contributed by atoms with van der Waals surface area (Å²) in [4.78, 5) is 0. The second kappa shape index (κ2) is 5.45. The highest BCUT2D eigenvalue weighted by atomic mass is 19.4. The molecule has 0 heterocycles. The van der Waals surface area contributed by atoms with Gasteiger partial charge in [-0.1, -0.05) is 0 Å². The molecule has 1 rings (SSSR count). The molecule has 102 valence electrons. The lowest BCUT2D eigenvalue weighted by atomic mass is 10.0. The van der Waals surface area contributed by atoms with Crippen molar-refractivity contribution in [2.24, 2.45) is 5.73 Å². The number of aliphatic hydroxyl groups is 1. The zero-order valence-electron chi connectivity index (χ0n) is 9.86. The van der Waals surface area contributed by atoms with Gasteiger partial charge in [0.15, 0.2) is 6.10 Å². The SMILES string of the molecule is COc1cc(OC)cc([C@H](N)[C@H](O)C(F)(F)F)c1. The number of rotatable bonds is 4. The molecule has 0 aliphatic carbocycles. The largest absolute Gasteiger partial charge is 0.497 e. The van der Waals surface area contributed by atoms with Crippen LogP contribution in [0.1, 0.15) is 11.6 Å². The van der Waals surface area contributed by atoms with E-state index in [1.165, 1.54) is 32.4 Å². The van der Waals surface area contributed by atoms with Crippen LogP contribution in [0.3, 0.4) is 0 Å². The maximum atomic E-state index is 12.4. The molecular formula is C11H14F3NO3. The van der Waals surface area contributed by atoms with E-state index in [0.717, 1.165) is 0 Å². The lowest BCUT2D eigenvalue weighted by molar-refractivity contribution is -0.210. The maximum Gasteiger partial charge on any atom is 0.416 e. The third kappa shape index (κ3) is 3.27. The van der Waals surface area contributed by atoms with Crippen molar-refractivity contribution < 1.29 is 27.8 Å². The van der Waals surface area contributed by atoms with Gasteiger partial charge in [0, 0.05) is 6.07 Å². The quantitative estimate of drug-likeness (QED) is 0.868. The number of alkyl halides is 3. The van der Waals surface area contributed by atoms with E-state index in [1.54, 1.807) is 0 Å². The normalized spacial score (nSPS) is 15.1. The molecule has 0 aliphatic rings. The van der Waals surface area contributed by atoms with Gasteiger partial charge < -0.3 is 20.3 Å². The van der Waals surface area contributed by atoms with E-state index in [4.69, 9.17) is 20.3 Å². The van der Waals surface area contributed by atoms with Crippen molar-refractivity contribution in [2.45, 2.75) is 18.3 Å². The van der Waals surface area contributed by atoms with Crippen molar-refractivity contribution in [2.75, 3.05) is 14.2 Å². The van der Waals surface area contributed by atoms with Gasteiger partial charge in [-0.05, 0) is 17.7 Å². The average molecular weight is 265 g/mol. The molecule has 0 saturated heterocycles. The van der Waals surface area contributed by atoms with Crippen LogP contribution in [0.15, 0.2) is 18.2 Å². The highest BCUT2D eigenvalue weighted by molar-refractivity contribution is 5.40. The van der Waals surface area contributed by atoms with Crippen LogP contribution in [0, 0.1) is 0 Å². The lowest BCUT2D eigenvalue weighted by Gasteiger charge is -2.22. The Morgan fingerprint density at radius 3 is 1.89 bits per heavy atom. The minimum absolute atomic E-state index is 0.0797. The van der Waals surface area contributed by atoms with Crippen LogP contribution < -0.4 is 15.2 Å². The molecule has 0 aliphatic heterocycles. The third-order valence-corrected chi connectivity index (χ3v) is 2.43. The van der Waals surface area contributed by atoms with Crippen LogP contribution in [-0.4, -0.2) is 31.6 Å². The molecule has 0 radical (unpaired) electrons. The van der Waals surface area contributed by atoms with Crippen LogP contribution in [0.5, 0.6) is 11.5 Å². The second-order valence-corrected chi connectivity index (χ2v) is 3.66. The number of hydrogen-bond acceptors (Lipinski definition) is 4. The Morgan fingerprint density at radius 2 is 1.56 bits per heavy atom. The number of halogens is 3. The molecular weight excluding hydrogens is 251 g/mol. The van der Waals surface area contributed by atoms with E-state index >= 15 is 0 Å². The first-order valence-electron chi connectivity index (χ1n) is 5.03. The van der Waals surface area contributed by atoms with E-state index in [9.17, 15) is 13.2 Å². The average Bonchev–Trinajstić information content (AvgIpc) is 2.35. The molecule has 0 bridgehead atoms. The first kappa shape index (κ1) is 14.6. The van der Waals surface area contributed by atoms with Crippen molar-refractivity contribution in [1.29, 1.82) is 0 Å². The van der Waals surface area contributed by atoms with Crippen LogP contribution in [0.4, 0.5) is 13.2 Å². The van der Waals surface area contributed by atoms with Gasteiger partial charge >= 0.3 is 6.18 Å². The number of benzene rings is 1. The van der Waals surface area contributed by atoms with Crippen LogP contribution in [-0.2, 0) is 0 Å². The summed E-state index contributed by atoms with van der Waals surface area (Å²) >= 11 is 0.